The SMILES string of the molecule is Cc1[nH]c2cc(C(=O)N3C4CCC3CC(c3ccc(F)cc3)C4)ccc2c1C. The van der Waals surface area contributed by atoms with Crippen molar-refractivity contribution in [1.82, 2.24) is 9.88 Å². The highest BCUT2D eigenvalue weighted by Crippen LogP contribution is 2.43. The van der Waals surface area contributed by atoms with Crippen LogP contribution < -0.4 is 0 Å². The summed E-state index contributed by atoms with van der Waals surface area (Å²) in [6, 6.07) is 13.5. The zero-order valence-electron chi connectivity index (χ0n) is 16.3. The molecule has 2 aliphatic rings. The molecule has 2 aliphatic heterocycles. The lowest BCUT2D eigenvalue weighted by atomic mass is 9.84. The molecule has 1 aromatic heterocycles. The lowest BCUT2D eigenvalue weighted by Crippen LogP contribution is -2.46. The number of piperidine rings is 1. The summed E-state index contributed by atoms with van der Waals surface area (Å²) in [5, 5.41) is 1.19. The normalized spacial score (nSPS) is 24.1. The maximum atomic E-state index is 13.3. The van der Waals surface area contributed by atoms with Gasteiger partial charge in [-0.2, -0.15) is 0 Å². The van der Waals surface area contributed by atoms with E-state index in [1.165, 1.54) is 16.5 Å². The monoisotopic (exact) mass is 376 g/mol. The van der Waals surface area contributed by atoms with Crippen LogP contribution in [0, 0.1) is 19.7 Å². The second-order valence-corrected chi connectivity index (χ2v) is 8.45. The van der Waals surface area contributed by atoms with Crippen molar-refractivity contribution >= 4 is 16.8 Å². The average Bonchev–Trinajstić information content (AvgIpc) is 3.13. The molecule has 2 bridgehead atoms. The molecule has 0 radical (unpaired) electrons. The van der Waals surface area contributed by atoms with E-state index in [4.69, 9.17) is 0 Å². The summed E-state index contributed by atoms with van der Waals surface area (Å²) in [6.07, 6.45) is 4.07. The number of aromatic amines is 1. The lowest BCUT2D eigenvalue weighted by molar-refractivity contribution is 0.0571. The van der Waals surface area contributed by atoms with Crippen LogP contribution in [-0.2, 0) is 0 Å². The molecule has 1 amide bonds. The van der Waals surface area contributed by atoms with E-state index in [2.05, 4.69) is 29.8 Å². The summed E-state index contributed by atoms with van der Waals surface area (Å²) in [4.78, 5) is 18.9. The van der Waals surface area contributed by atoms with E-state index in [1.807, 2.05) is 24.3 Å². The van der Waals surface area contributed by atoms with Gasteiger partial charge in [0.1, 0.15) is 5.82 Å². The minimum absolute atomic E-state index is 0.150. The molecule has 144 valence electrons. The van der Waals surface area contributed by atoms with Crippen LogP contribution >= 0.6 is 0 Å². The molecule has 2 fully saturated rings. The van der Waals surface area contributed by atoms with Crippen molar-refractivity contribution in [2.24, 2.45) is 0 Å². The number of nitrogens with zero attached hydrogens (tertiary/aromatic N) is 1. The fraction of sp³-hybridized carbons (Fsp3) is 0.375. The predicted molar refractivity (Wildman–Crippen MR) is 109 cm³/mol. The number of rotatable bonds is 2. The summed E-state index contributed by atoms with van der Waals surface area (Å²) in [5.41, 5.74) is 5.40. The maximum Gasteiger partial charge on any atom is 0.254 e. The zero-order valence-corrected chi connectivity index (χ0v) is 16.3. The number of hydrogen-bond donors (Lipinski definition) is 1. The Hall–Kier alpha value is -2.62. The quantitative estimate of drug-likeness (QED) is 0.632. The average molecular weight is 376 g/mol. The van der Waals surface area contributed by atoms with E-state index < -0.39 is 0 Å². The fourth-order valence-corrected chi connectivity index (χ4v) is 5.27. The first-order chi connectivity index (χ1) is 13.5. The Labute approximate surface area is 164 Å². The number of H-pyrrole nitrogens is 1. The number of aromatic nitrogens is 1. The number of hydrogen-bond acceptors (Lipinski definition) is 1. The van der Waals surface area contributed by atoms with Crippen molar-refractivity contribution in [2.45, 2.75) is 57.5 Å². The van der Waals surface area contributed by atoms with Gasteiger partial charge in [-0.1, -0.05) is 18.2 Å². The van der Waals surface area contributed by atoms with Crippen molar-refractivity contribution in [2.75, 3.05) is 0 Å². The molecule has 4 heteroatoms. The van der Waals surface area contributed by atoms with Crippen molar-refractivity contribution in [1.29, 1.82) is 0 Å². The summed E-state index contributed by atoms with van der Waals surface area (Å²) in [7, 11) is 0. The van der Waals surface area contributed by atoms with E-state index in [0.717, 1.165) is 42.5 Å². The molecule has 28 heavy (non-hydrogen) atoms. The Balaban J connectivity index is 1.40. The molecule has 5 rings (SSSR count). The van der Waals surface area contributed by atoms with Gasteiger partial charge in [-0.05, 0) is 80.8 Å². The molecule has 0 saturated carbocycles. The molecule has 2 aromatic carbocycles. The van der Waals surface area contributed by atoms with E-state index in [1.54, 1.807) is 12.1 Å². The predicted octanol–water partition coefficient (Wildman–Crippen LogP) is 5.47. The van der Waals surface area contributed by atoms with Crippen LogP contribution in [0.4, 0.5) is 4.39 Å². The first-order valence-electron chi connectivity index (χ1n) is 10.2. The Morgan fingerprint density at radius 1 is 1.04 bits per heavy atom. The highest BCUT2D eigenvalue weighted by Gasteiger charge is 2.43. The third-order valence-corrected chi connectivity index (χ3v) is 6.86. The third-order valence-electron chi connectivity index (χ3n) is 6.86. The molecular weight excluding hydrogens is 351 g/mol. The van der Waals surface area contributed by atoms with Gasteiger partial charge in [-0.3, -0.25) is 4.79 Å². The van der Waals surface area contributed by atoms with Crippen LogP contribution in [0.15, 0.2) is 42.5 Å². The van der Waals surface area contributed by atoms with Crippen LogP contribution in [0.5, 0.6) is 0 Å². The summed E-state index contributed by atoms with van der Waals surface area (Å²) < 4.78 is 13.3. The first kappa shape index (κ1) is 17.5. The van der Waals surface area contributed by atoms with E-state index in [9.17, 15) is 9.18 Å². The minimum Gasteiger partial charge on any atom is -0.358 e. The molecule has 1 N–H and O–H groups in total. The first-order valence-corrected chi connectivity index (χ1v) is 10.2. The van der Waals surface area contributed by atoms with Gasteiger partial charge in [0.2, 0.25) is 0 Å². The van der Waals surface area contributed by atoms with Crippen molar-refractivity contribution in [3.05, 3.63) is 70.7 Å². The highest BCUT2D eigenvalue weighted by atomic mass is 19.1. The fourth-order valence-electron chi connectivity index (χ4n) is 5.27. The number of benzene rings is 2. The van der Waals surface area contributed by atoms with Gasteiger partial charge >= 0.3 is 0 Å². The molecule has 3 nitrogen and oxygen atoms in total. The molecule has 0 aliphatic carbocycles. The molecule has 2 atom stereocenters. The zero-order chi connectivity index (χ0) is 19.4. The molecule has 2 saturated heterocycles. The van der Waals surface area contributed by atoms with E-state index in [0.29, 0.717) is 5.92 Å². The van der Waals surface area contributed by atoms with Crippen LogP contribution in [0.3, 0.4) is 0 Å². The van der Waals surface area contributed by atoms with Gasteiger partial charge in [0.05, 0.1) is 0 Å². The standard InChI is InChI=1S/C24H25FN2O/c1-14-15(2)26-23-13-17(5-10-22(14)23)24(28)27-20-8-9-21(27)12-18(11-20)16-3-6-19(25)7-4-16/h3-7,10,13,18,20-21,26H,8-9,11-12H2,1-2H3. The van der Waals surface area contributed by atoms with Crippen molar-refractivity contribution in [3.8, 4) is 0 Å². The van der Waals surface area contributed by atoms with Gasteiger partial charge < -0.3 is 9.88 Å². The van der Waals surface area contributed by atoms with Gasteiger partial charge in [-0.15, -0.1) is 0 Å². The van der Waals surface area contributed by atoms with Crippen LogP contribution in [0.25, 0.3) is 10.9 Å². The maximum absolute atomic E-state index is 13.3. The Kier molecular flexibility index (Phi) is 4.04. The molecular formula is C24H25FN2O. The lowest BCUT2D eigenvalue weighted by Gasteiger charge is -2.39. The van der Waals surface area contributed by atoms with Crippen molar-refractivity contribution in [3.63, 3.8) is 0 Å². The van der Waals surface area contributed by atoms with Crippen molar-refractivity contribution < 1.29 is 9.18 Å². The number of amides is 1. The number of carbonyl (C=O) groups is 1. The molecule has 2 unspecified atom stereocenters. The van der Waals surface area contributed by atoms with E-state index in [-0.39, 0.29) is 23.8 Å². The largest absolute Gasteiger partial charge is 0.358 e. The van der Waals surface area contributed by atoms with Crippen LogP contribution in [0.1, 0.15) is 58.8 Å². The number of nitrogens with one attached hydrogen (secondary N) is 1. The molecule has 3 heterocycles. The third kappa shape index (κ3) is 2.74. The minimum atomic E-state index is -0.190. The second-order valence-electron chi connectivity index (χ2n) is 8.45. The van der Waals surface area contributed by atoms with Gasteiger partial charge in [0.15, 0.2) is 0 Å². The smallest absolute Gasteiger partial charge is 0.254 e. The summed E-state index contributed by atoms with van der Waals surface area (Å²) in [5.74, 6) is 0.375. The Morgan fingerprint density at radius 3 is 2.39 bits per heavy atom. The molecule has 3 aromatic rings. The Morgan fingerprint density at radius 2 is 1.71 bits per heavy atom. The number of halogens is 1. The molecule has 0 spiro atoms. The van der Waals surface area contributed by atoms with Crippen LogP contribution in [0.2, 0.25) is 0 Å². The Bertz CT molecular complexity index is 1040. The van der Waals surface area contributed by atoms with Gasteiger partial charge in [0, 0.05) is 34.2 Å². The second kappa shape index (κ2) is 6.47. The number of carbonyl (C=O) groups excluding carboxylic acids is 1. The number of fused-ring (bicyclic) bond motifs is 3. The summed E-state index contributed by atoms with van der Waals surface area (Å²) in [6.45, 7) is 4.17. The summed E-state index contributed by atoms with van der Waals surface area (Å²) >= 11 is 0. The van der Waals surface area contributed by atoms with Gasteiger partial charge in [0.25, 0.3) is 5.91 Å². The van der Waals surface area contributed by atoms with Crippen LogP contribution in [-0.4, -0.2) is 27.9 Å². The number of aryl methyl sites for hydroxylation is 2. The van der Waals surface area contributed by atoms with Gasteiger partial charge in [-0.25, -0.2) is 4.39 Å². The topological polar surface area (TPSA) is 36.1 Å². The van der Waals surface area contributed by atoms with E-state index >= 15 is 0 Å². The highest BCUT2D eigenvalue weighted by molar-refractivity contribution is 5.99.